The summed E-state index contributed by atoms with van der Waals surface area (Å²) >= 11 is 1.25. The number of fused-ring (bicyclic) bond motifs is 1. The van der Waals surface area contributed by atoms with Crippen molar-refractivity contribution in [2.45, 2.75) is 18.4 Å². The molecule has 3 aromatic rings. The summed E-state index contributed by atoms with van der Waals surface area (Å²) in [6, 6.07) is 23.9. The van der Waals surface area contributed by atoms with Crippen LogP contribution < -0.4 is 4.74 Å². The van der Waals surface area contributed by atoms with Crippen molar-refractivity contribution in [3.63, 3.8) is 0 Å². The van der Waals surface area contributed by atoms with E-state index >= 15 is 0 Å². The first-order valence-electron chi connectivity index (χ1n) is 8.89. The molecule has 3 aromatic carbocycles. The number of thiocyanates is 1. The van der Waals surface area contributed by atoms with Crippen LogP contribution in [-0.4, -0.2) is 10.9 Å². The fourth-order valence-electron chi connectivity index (χ4n) is 3.52. The van der Waals surface area contributed by atoms with Crippen molar-refractivity contribution in [2.24, 2.45) is 0 Å². The van der Waals surface area contributed by atoms with Crippen LogP contribution in [-0.2, 0) is 6.42 Å². The van der Waals surface area contributed by atoms with Gasteiger partial charge in [0.25, 0.3) is 0 Å². The van der Waals surface area contributed by atoms with Gasteiger partial charge in [0.1, 0.15) is 23.0 Å². The van der Waals surface area contributed by atoms with Gasteiger partial charge in [-0.25, -0.2) is 0 Å². The van der Waals surface area contributed by atoms with Gasteiger partial charge in [-0.2, -0.15) is 5.26 Å². The molecule has 0 saturated heterocycles. The quantitative estimate of drug-likeness (QED) is 0.607. The lowest BCUT2D eigenvalue weighted by atomic mass is 9.91. The number of rotatable bonds is 5. The molecule has 1 aliphatic heterocycles. The Kier molecular flexibility index (Phi) is 5.04. The Balaban J connectivity index is 1.56. The van der Waals surface area contributed by atoms with Crippen molar-refractivity contribution in [3.05, 3.63) is 95.1 Å². The molecular formula is C23H19NO2S. The van der Waals surface area contributed by atoms with Crippen LogP contribution in [0.25, 0.3) is 0 Å². The third-order valence-corrected chi connectivity index (χ3v) is 5.60. The Labute approximate surface area is 163 Å². The summed E-state index contributed by atoms with van der Waals surface area (Å²) in [5, 5.41) is 20.7. The van der Waals surface area contributed by atoms with Crippen LogP contribution in [0, 0.1) is 10.7 Å². The molecule has 1 N–H and O–H groups in total. The summed E-state index contributed by atoms with van der Waals surface area (Å²) in [6.45, 7) is 0. The van der Waals surface area contributed by atoms with E-state index in [0.717, 1.165) is 28.9 Å². The Morgan fingerprint density at radius 3 is 2.33 bits per heavy atom. The van der Waals surface area contributed by atoms with Crippen LogP contribution in [0.15, 0.2) is 72.8 Å². The Morgan fingerprint density at radius 1 is 1.00 bits per heavy atom. The Bertz CT molecular complexity index is 936. The van der Waals surface area contributed by atoms with Gasteiger partial charge >= 0.3 is 0 Å². The SMILES string of the molecule is N#CSC[C@H](c1ccc(O)cc1)c1ccc(C2Cc3ccccc3O2)cc1. The number of benzene rings is 3. The van der Waals surface area contributed by atoms with Crippen molar-refractivity contribution in [2.75, 3.05) is 5.75 Å². The number of thioether (sulfide) groups is 1. The number of phenols is 1. The molecule has 3 nitrogen and oxygen atoms in total. The van der Waals surface area contributed by atoms with Gasteiger partial charge in [0.05, 0.1) is 0 Å². The lowest BCUT2D eigenvalue weighted by Crippen LogP contribution is -2.06. The van der Waals surface area contributed by atoms with Crippen LogP contribution in [0.5, 0.6) is 11.5 Å². The van der Waals surface area contributed by atoms with Crippen LogP contribution in [0.3, 0.4) is 0 Å². The number of para-hydroxylation sites is 1. The van der Waals surface area contributed by atoms with Crippen molar-refractivity contribution in [1.29, 1.82) is 5.26 Å². The van der Waals surface area contributed by atoms with E-state index in [-0.39, 0.29) is 17.8 Å². The molecule has 0 bridgehead atoms. The van der Waals surface area contributed by atoms with Crippen molar-refractivity contribution >= 4 is 11.8 Å². The van der Waals surface area contributed by atoms with E-state index in [2.05, 4.69) is 35.7 Å². The molecule has 0 fully saturated rings. The van der Waals surface area contributed by atoms with E-state index in [1.165, 1.54) is 17.3 Å². The van der Waals surface area contributed by atoms with E-state index in [9.17, 15) is 5.11 Å². The molecule has 0 radical (unpaired) electrons. The third kappa shape index (κ3) is 3.79. The second-order valence-electron chi connectivity index (χ2n) is 6.63. The predicted molar refractivity (Wildman–Crippen MR) is 108 cm³/mol. The molecule has 1 unspecified atom stereocenters. The van der Waals surface area contributed by atoms with Gasteiger partial charge in [-0.15, -0.1) is 0 Å². The van der Waals surface area contributed by atoms with Crippen LogP contribution >= 0.6 is 11.8 Å². The van der Waals surface area contributed by atoms with Crippen LogP contribution in [0.4, 0.5) is 0 Å². The highest BCUT2D eigenvalue weighted by Crippen LogP contribution is 2.37. The molecule has 27 heavy (non-hydrogen) atoms. The van der Waals surface area contributed by atoms with Crippen molar-refractivity contribution in [3.8, 4) is 16.9 Å². The summed E-state index contributed by atoms with van der Waals surface area (Å²) < 4.78 is 6.08. The molecule has 2 atom stereocenters. The largest absolute Gasteiger partial charge is 0.508 e. The maximum absolute atomic E-state index is 9.55. The molecule has 4 heteroatoms. The monoisotopic (exact) mass is 373 g/mol. The molecular weight excluding hydrogens is 354 g/mol. The van der Waals surface area contributed by atoms with Gasteiger partial charge < -0.3 is 9.84 Å². The molecule has 0 aromatic heterocycles. The Hall–Kier alpha value is -2.90. The minimum absolute atomic E-state index is 0.0528. The highest BCUT2D eigenvalue weighted by atomic mass is 32.2. The number of hydrogen-bond donors (Lipinski definition) is 1. The first-order chi connectivity index (χ1) is 13.2. The number of aromatic hydroxyl groups is 1. The topological polar surface area (TPSA) is 53.2 Å². The molecule has 0 saturated carbocycles. The van der Waals surface area contributed by atoms with Gasteiger partial charge in [-0.1, -0.05) is 54.6 Å². The van der Waals surface area contributed by atoms with Gasteiger partial charge in [-0.3, -0.25) is 0 Å². The van der Waals surface area contributed by atoms with E-state index in [0.29, 0.717) is 5.75 Å². The molecule has 134 valence electrons. The molecule has 1 aliphatic rings. The predicted octanol–water partition coefficient (Wildman–Crippen LogP) is 5.41. The maximum Gasteiger partial charge on any atom is 0.133 e. The third-order valence-electron chi connectivity index (χ3n) is 4.97. The fraction of sp³-hybridized carbons (Fsp3) is 0.174. The van der Waals surface area contributed by atoms with Gasteiger partial charge in [0.2, 0.25) is 0 Å². The van der Waals surface area contributed by atoms with E-state index in [1.54, 1.807) is 12.1 Å². The number of nitriles is 1. The molecule has 4 rings (SSSR count). The number of nitrogens with zero attached hydrogens (tertiary/aromatic N) is 1. The molecule has 1 heterocycles. The number of phenolic OH excluding ortho intramolecular Hbond substituents is 1. The van der Waals surface area contributed by atoms with Crippen molar-refractivity contribution < 1.29 is 9.84 Å². The highest BCUT2D eigenvalue weighted by molar-refractivity contribution is 8.03. The summed E-state index contributed by atoms with van der Waals surface area (Å²) in [6.07, 6.45) is 0.943. The number of ether oxygens (including phenoxy) is 1. The summed E-state index contributed by atoms with van der Waals surface area (Å²) in [5.41, 5.74) is 4.65. The van der Waals surface area contributed by atoms with E-state index < -0.39 is 0 Å². The zero-order chi connectivity index (χ0) is 18.6. The van der Waals surface area contributed by atoms with Gasteiger partial charge in [0, 0.05) is 18.1 Å². The summed E-state index contributed by atoms with van der Waals surface area (Å²) in [7, 11) is 0. The second kappa shape index (κ2) is 7.77. The zero-order valence-electron chi connectivity index (χ0n) is 14.7. The van der Waals surface area contributed by atoms with Crippen molar-refractivity contribution in [1.82, 2.24) is 0 Å². The standard InChI is InChI=1S/C23H19NO2S/c24-15-27-14-21(17-9-11-20(25)12-10-17)16-5-7-18(8-6-16)23-13-19-3-1-2-4-22(19)26-23/h1-12,21,23,25H,13-14H2/t21-,23?/m0/s1. The smallest absolute Gasteiger partial charge is 0.133 e. The lowest BCUT2D eigenvalue weighted by molar-refractivity contribution is 0.238. The average molecular weight is 373 g/mol. The van der Waals surface area contributed by atoms with Gasteiger partial charge in [-0.05, 0) is 52.2 Å². The normalized spacial score (nSPS) is 16.2. The maximum atomic E-state index is 9.55. The number of hydrogen-bond acceptors (Lipinski definition) is 4. The van der Waals surface area contributed by atoms with Crippen LogP contribution in [0.1, 0.15) is 34.3 Å². The molecule has 0 spiro atoms. The fourth-order valence-corrected chi connectivity index (χ4v) is 4.15. The summed E-state index contributed by atoms with van der Waals surface area (Å²) in [5.74, 6) is 2.00. The first-order valence-corrected chi connectivity index (χ1v) is 9.87. The minimum atomic E-state index is 0.0528. The second-order valence-corrected chi connectivity index (χ2v) is 7.44. The first kappa shape index (κ1) is 17.5. The average Bonchev–Trinajstić information content (AvgIpc) is 3.14. The lowest BCUT2D eigenvalue weighted by Gasteiger charge is -2.18. The van der Waals surface area contributed by atoms with E-state index in [1.807, 2.05) is 30.3 Å². The summed E-state index contributed by atoms with van der Waals surface area (Å²) in [4.78, 5) is 0. The molecule has 0 amide bonds. The molecule has 0 aliphatic carbocycles. The zero-order valence-corrected chi connectivity index (χ0v) is 15.5. The van der Waals surface area contributed by atoms with Crippen LogP contribution in [0.2, 0.25) is 0 Å². The van der Waals surface area contributed by atoms with Gasteiger partial charge in [0.15, 0.2) is 0 Å². The minimum Gasteiger partial charge on any atom is -0.508 e. The van der Waals surface area contributed by atoms with E-state index in [4.69, 9.17) is 10.00 Å². The Morgan fingerprint density at radius 2 is 1.67 bits per heavy atom. The highest BCUT2D eigenvalue weighted by Gasteiger charge is 2.24.